The van der Waals surface area contributed by atoms with Crippen LogP contribution in [-0.2, 0) is 109 Å². The van der Waals surface area contributed by atoms with E-state index in [1.807, 2.05) is 152 Å². The molecule has 4 aliphatic rings. The van der Waals surface area contributed by atoms with E-state index in [-0.39, 0.29) is 64.9 Å². The molecule has 21 heteroatoms. The second kappa shape index (κ2) is 30.1. The van der Waals surface area contributed by atoms with Crippen LogP contribution in [0.2, 0.25) is 0 Å². The molecule has 4 heterocycles. The third-order valence-corrected chi connectivity index (χ3v) is 15.1. The molecule has 0 unspecified atom stereocenters. The fraction of sp³-hybridized carbons (Fsp3) is 0.476. The standard InChI is InChI=1S/C63H72Cl3NO17/c1-39(68)30-31-48(69)81-53-49(67-61(71)63(64,65)66)59(79-47-38-77-62(3,4)84-52(47)53)83-56-55(50(40(2)78-58(56)70)73-33-42-22-12-6-13-23-42)82-60-57(76-36-45-28-18-9-19-29-45)54(75-35-44-26-16-8-17-27-44)51(74-34-43-24-14-7-15-25-43)46(80-60)37-72-32-41-20-10-5-11-21-41/h5-29,40,46-47,49-60,70H,30-38H2,1-4H3,(H,67,71)/t40-,46+,47+,49+,50-,51+,52+,53+,54-,55+,56+,57+,58+,59-,60+/m0/s1. The van der Waals surface area contributed by atoms with Gasteiger partial charge in [-0.1, -0.05) is 186 Å². The lowest BCUT2D eigenvalue weighted by Crippen LogP contribution is -2.71. The molecule has 9 rings (SSSR count). The normalized spacial score (nSPS) is 29.5. The number of rotatable bonds is 25. The summed E-state index contributed by atoms with van der Waals surface area (Å²) in [7, 11) is 0. The second-order valence-electron chi connectivity index (χ2n) is 21.5. The summed E-state index contributed by atoms with van der Waals surface area (Å²) < 4.78 is 84.6. The van der Waals surface area contributed by atoms with Gasteiger partial charge < -0.3 is 76.8 Å². The monoisotopic (exact) mass is 1220 g/mol. The average Bonchev–Trinajstić information content (AvgIpc) is 2.35. The van der Waals surface area contributed by atoms with Gasteiger partial charge in [0.25, 0.3) is 9.70 Å². The Bertz CT molecular complexity index is 2830. The van der Waals surface area contributed by atoms with Crippen LogP contribution in [0.3, 0.4) is 0 Å². The Hall–Kier alpha value is -4.94. The highest BCUT2D eigenvalue weighted by Gasteiger charge is 2.59. The number of nitrogens with one attached hydrogen (secondary N) is 1. The Morgan fingerprint density at radius 3 is 1.57 bits per heavy atom. The summed E-state index contributed by atoms with van der Waals surface area (Å²) in [4.78, 5) is 39.7. The van der Waals surface area contributed by atoms with Crippen LogP contribution in [0.4, 0.5) is 0 Å². The van der Waals surface area contributed by atoms with Crippen molar-refractivity contribution in [3.8, 4) is 0 Å². The third kappa shape index (κ3) is 17.6. The molecular weight excluding hydrogens is 1150 g/mol. The van der Waals surface area contributed by atoms with Gasteiger partial charge in [-0.25, -0.2) is 0 Å². The number of ether oxygens (including phenoxy) is 13. The predicted octanol–water partition coefficient (Wildman–Crippen LogP) is 8.79. The largest absolute Gasteiger partial charge is 0.457 e. The van der Waals surface area contributed by atoms with Crippen LogP contribution < -0.4 is 5.32 Å². The van der Waals surface area contributed by atoms with Gasteiger partial charge in [0.05, 0.1) is 58.8 Å². The molecule has 5 aromatic rings. The first kappa shape index (κ1) is 63.6. The molecule has 0 aliphatic carbocycles. The van der Waals surface area contributed by atoms with E-state index in [2.05, 4.69) is 5.32 Å². The number of halogens is 3. The van der Waals surface area contributed by atoms with Crippen LogP contribution in [0.15, 0.2) is 152 Å². The molecule has 0 radical (unpaired) electrons. The van der Waals surface area contributed by atoms with Gasteiger partial charge in [0.2, 0.25) is 0 Å². The summed E-state index contributed by atoms with van der Waals surface area (Å²) in [5.74, 6) is -3.46. The van der Waals surface area contributed by atoms with Crippen LogP contribution in [0.5, 0.6) is 0 Å². The number of aliphatic hydroxyl groups is 1. The number of carbonyl (C=O) groups is 3. The van der Waals surface area contributed by atoms with E-state index in [4.69, 9.17) is 96.4 Å². The molecule has 0 spiro atoms. The number of carbonyl (C=O) groups excluding carboxylic acids is 3. The van der Waals surface area contributed by atoms with E-state index in [0.717, 1.165) is 27.8 Å². The summed E-state index contributed by atoms with van der Waals surface area (Å²) in [6.45, 7) is 6.88. The number of aliphatic hydroxyl groups excluding tert-OH is 1. The van der Waals surface area contributed by atoms with Gasteiger partial charge in [-0.3, -0.25) is 9.59 Å². The van der Waals surface area contributed by atoms with Gasteiger partial charge in [-0.05, 0) is 55.5 Å². The number of alkyl halides is 3. The molecule has 15 atom stereocenters. The van der Waals surface area contributed by atoms with Crippen molar-refractivity contribution in [1.29, 1.82) is 0 Å². The molecule has 1 amide bonds. The number of fused-ring (bicyclic) bond motifs is 1. The van der Waals surface area contributed by atoms with Gasteiger partial charge in [0.15, 0.2) is 30.8 Å². The van der Waals surface area contributed by atoms with Crippen molar-refractivity contribution in [3.63, 3.8) is 0 Å². The molecule has 2 N–H and O–H groups in total. The van der Waals surface area contributed by atoms with Crippen molar-refractivity contribution in [1.82, 2.24) is 5.32 Å². The Morgan fingerprint density at radius 2 is 1.06 bits per heavy atom. The first-order valence-corrected chi connectivity index (χ1v) is 29.2. The molecule has 5 aromatic carbocycles. The number of hydrogen-bond donors (Lipinski definition) is 2. The zero-order valence-corrected chi connectivity index (χ0v) is 49.3. The Balaban J connectivity index is 1.13. The molecule has 18 nitrogen and oxygen atoms in total. The topological polar surface area (TPSA) is 203 Å². The first-order valence-electron chi connectivity index (χ1n) is 28.1. The third-order valence-electron chi connectivity index (χ3n) is 14.6. The predicted molar refractivity (Wildman–Crippen MR) is 307 cm³/mol. The van der Waals surface area contributed by atoms with Crippen LogP contribution in [-0.4, -0.2) is 138 Å². The lowest BCUT2D eigenvalue weighted by atomic mass is 9.94. The SMILES string of the molecule is CC(=O)CCC(=O)O[C@@H]1[C@@H](NC(=O)C(Cl)(Cl)Cl)[C@H](O[C@@H]2[C@H](O[C@H]3O[C@H](COCc4ccccc4)[C@@H](OCc4ccccc4)[C@H](OCc4ccccc4)[C@H]3OCc3ccccc3)[C@@H](OCc3ccccc3)[C@H](C)O[C@H]2O)O[C@@H]2COC(C)(C)O[C@@H]12. The summed E-state index contributed by atoms with van der Waals surface area (Å²) in [6.07, 6.45) is -17.7. The quantitative estimate of drug-likeness (QED) is 0.0414. The van der Waals surface area contributed by atoms with Crippen LogP contribution >= 0.6 is 34.8 Å². The molecule has 0 bridgehead atoms. The van der Waals surface area contributed by atoms with E-state index < -0.39 is 114 Å². The second-order valence-corrected chi connectivity index (χ2v) is 23.8. The van der Waals surface area contributed by atoms with Crippen LogP contribution in [0, 0.1) is 0 Å². The Morgan fingerprint density at radius 1 is 0.583 bits per heavy atom. The Labute approximate surface area is 504 Å². The van der Waals surface area contributed by atoms with Crippen LogP contribution in [0.1, 0.15) is 68.4 Å². The highest BCUT2D eigenvalue weighted by molar-refractivity contribution is 6.76. The van der Waals surface area contributed by atoms with E-state index in [9.17, 15) is 19.5 Å². The summed E-state index contributed by atoms with van der Waals surface area (Å²) >= 11 is 18.6. The number of hydrogen-bond acceptors (Lipinski definition) is 17. The van der Waals surface area contributed by atoms with E-state index in [0.29, 0.717) is 0 Å². The van der Waals surface area contributed by atoms with E-state index >= 15 is 0 Å². The molecule has 4 saturated heterocycles. The summed E-state index contributed by atoms with van der Waals surface area (Å²) in [6, 6.07) is 46.6. The number of benzene rings is 5. The fourth-order valence-corrected chi connectivity index (χ4v) is 10.6. The van der Waals surface area contributed by atoms with Crippen molar-refractivity contribution in [2.75, 3.05) is 13.2 Å². The minimum absolute atomic E-state index is 0.0119. The summed E-state index contributed by atoms with van der Waals surface area (Å²) in [5, 5.41) is 15.1. The highest BCUT2D eigenvalue weighted by atomic mass is 35.6. The van der Waals surface area contributed by atoms with Crippen molar-refractivity contribution >= 4 is 52.5 Å². The van der Waals surface area contributed by atoms with Crippen molar-refractivity contribution < 1.29 is 81.1 Å². The average molecular weight is 1220 g/mol. The van der Waals surface area contributed by atoms with Crippen LogP contribution in [0.25, 0.3) is 0 Å². The number of esters is 1. The van der Waals surface area contributed by atoms with E-state index in [1.54, 1.807) is 20.8 Å². The molecular formula is C63H72Cl3NO17. The lowest BCUT2D eigenvalue weighted by Gasteiger charge is -2.53. The molecule has 84 heavy (non-hydrogen) atoms. The maximum Gasteiger partial charge on any atom is 0.306 e. The zero-order chi connectivity index (χ0) is 59.2. The molecule has 0 saturated carbocycles. The highest BCUT2D eigenvalue weighted by Crippen LogP contribution is 2.40. The van der Waals surface area contributed by atoms with Gasteiger partial charge in [0.1, 0.15) is 66.8 Å². The molecule has 4 fully saturated rings. The van der Waals surface area contributed by atoms with Gasteiger partial charge in [-0.15, -0.1) is 0 Å². The number of amides is 1. The summed E-state index contributed by atoms with van der Waals surface area (Å²) in [5.41, 5.74) is 4.33. The van der Waals surface area contributed by atoms with Crippen molar-refractivity contribution in [2.45, 2.75) is 175 Å². The zero-order valence-electron chi connectivity index (χ0n) is 47.1. The van der Waals surface area contributed by atoms with Gasteiger partial charge in [-0.2, -0.15) is 0 Å². The first-order chi connectivity index (χ1) is 40.5. The van der Waals surface area contributed by atoms with Gasteiger partial charge in [0, 0.05) is 6.42 Å². The van der Waals surface area contributed by atoms with Gasteiger partial charge >= 0.3 is 5.97 Å². The molecule has 452 valence electrons. The number of ketones is 1. The van der Waals surface area contributed by atoms with E-state index in [1.165, 1.54) is 6.92 Å². The molecule has 4 aliphatic heterocycles. The minimum atomic E-state index is -2.55. The smallest absolute Gasteiger partial charge is 0.306 e. The minimum Gasteiger partial charge on any atom is -0.457 e. The maximum atomic E-state index is 13.9. The lowest BCUT2D eigenvalue weighted by molar-refractivity contribution is -0.402. The fourth-order valence-electron chi connectivity index (χ4n) is 10.4. The van der Waals surface area contributed by atoms with Crippen molar-refractivity contribution in [2.24, 2.45) is 0 Å². The van der Waals surface area contributed by atoms with Crippen molar-refractivity contribution in [3.05, 3.63) is 179 Å². The molecule has 0 aromatic heterocycles. The Kier molecular flexibility index (Phi) is 22.8. The number of Topliss-reactive ketones (excluding diaryl/α,β-unsaturated/α-hetero) is 1. The maximum absolute atomic E-state index is 13.9.